The molecule has 9 heteroatoms. The molecule has 63 heavy (non-hydrogen) atoms. The topological polar surface area (TPSA) is 105 Å². The van der Waals surface area contributed by atoms with Gasteiger partial charge in [-0.2, -0.15) is 0 Å². The fourth-order valence-electron chi connectivity index (χ4n) is 8.10. The highest BCUT2D eigenvalue weighted by Gasteiger charge is 2.27. The predicted octanol–water partition coefficient (Wildman–Crippen LogP) is 16.0. The lowest BCUT2D eigenvalue weighted by atomic mass is 10.0. The largest absolute Gasteiger partial charge is 0.472 e. The first-order valence-electron chi connectivity index (χ1n) is 27.2. The minimum absolute atomic E-state index is 0.0612. The fraction of sp³-hybridized carbons (Fsp3) is 0.907. The maximum atomic E-state index is 12.9. The molecule has 8 nitrogen and oxygen atoms in total. The maximum absolute atomic E-state index is 12.9. The average molecular weight is 912 g/mol. The van der Waals surface area contributed by atoms with Crippen molar-refractivity contribution in [1.29, 1.82) is 0 Å². The van der Waals surface area contributed by atoms with E-state index in [-0.39, 0.29) is 19.1 Å². The van der Waals surface area contributed by atoms with Gasteiger partial charge in [0.05, 0.1) is 39.9 Å². The number of unbranched alkanes of at least 4 members (excludes halogenated alkanes) is 35. The van der Waals surface area contributed by atoms with Crippen LogP contribution < -0.4 is 5.32 Å². The van der Waals surface area contributed by atoms with Gasteiger partial charge in [0.2, 0.25) is 5.91 Å². The molecule has 0 aliphatic rings. The van der Waals surface area contributed by atoms with Gasteiger partial charge in [0.15, 0.2) is 0 Å². The molecular formula is C54H108N2O6P+. The van der Waals surface area contributed by atoms with Crippen molar-refractivity contribution in [2.45, 2.75) is 276 Å². The standard InChI is InChI=1S/C54H107N2O6P/c1-6-8-10-12-14-16-18-20-21-22-23-24-25-26-27-28-29-30-31-32-33-34-36-37-39-41-43-45-47-53(57)52(51-62-63(59,60)61-50-49-56(3,4)5)55-54(58)48-46-44-42-40-38-35-19-17-15-13-11-9-7-2/h17,19,45,47,52-53,57H,6-16,18,20-44,46,48-51H2,1-5H3,(H-,55,58,59,60)/p+1/b19-17-,47-45+. The number of hydrogen-bond donors (Lipinski definition) is 3. The molecule has 0 rings (SSSR count). The van der Waals surface area contributed by atoms with Crippen LogP contribution in [0.5, 0.6) is 0 Å². The van der Waals surface area contributed by atoms with Crippen molar-refractivity contribution in [1.82, 2.24) is 5.32 Å². The van der Waals surface area contributed by atoms with E-state index in [0.29, 0.717) is 17.4 Å². The maximum Gasteiger partial charge on any atom is 0.472 e. The number of nitrogens with zero attached hydrogens (tertiary/aromatic N) is 1. The number of phosphoric acid groups is 1. The van der Waals surface area contributed by atoms with E-state index < -0.39 is 20.0 Å². The lowest BCUT2D eigenvalue weighted by molar-refractivity contribution is -0.870. The zero-order valence-corrected chi connectivity index (χ0v) is 43.5. The second-order valence-electron chi connectivity index (χ2n) is 20.0. The van der Waals surface area contributed by atoms with Crippen molar-refractivity contribution >= 4 is 13.7 Å². The molecule has 0 heterocycles. The van der Waals surface area contributed by atoms with Gasteiger partial charge < -0.3 is 19.8 Å². The lowest BCUT2D eigenvalue weighted by Gasteiger charge is -2.25. The zero-order valence-electron chi connectivity index (χ0n) is 42.6. The Morgan fingerprint density at radius 2 is 0.857 bits per heavy atom. The van der Waals surface area contributed by atoms with Crippen molar-refractivity contribution in [2.24, 2.45) is 0 Å². The number of nitrogens with one attached hydrogen (secondary N) is 1. The van der Waals surface area contributed by atoms with Crippen molar-refractivity contribution in [2.75, 3.05) is 40.9 Å². The molecule has 3 atom stereocenters. The van der Waals surface area contributed by atoms with Crippen molar-refractivity contribution in [3.05, 3.63) is 24.3 Å². The van der Waals surface area contributed by atoms with E-state index in [1.807, 2.05) is 27.2 Å². The van der Waals surface area contributed by atoms with E-state index >= 15 is 0 Å². The molecule has 0 aromatic heterocycles. The number of carbonyl (C=O) groups excluding carboxylic acids is 1. The zero-order chi connectivity index (χ0) is 46.4. The number of amides is 1. The number of aliphatic hydroxyl groups is 1. The summed E-state index contributed by atoms with van der Waals surface area (Å²) in [5.74, 6) is -0.184. The van der Waals surface area contributed by atoms with Crippen molar-refractivity contribution in [3.8, 4) is 0 Å². The van der Waals surface area contributed by atoms with Gasteiger partial charge in [-0.05, 0) is 44.9 Å². The van der Waals surface area contributed by atoms with Crippen LogP contribution in [0.15, 0.2) is 24.3 Å². The Kier molecular flexibility index (Phi) is 45.4. The Balaban J connectivity index is 4.14. The van der Waals surface area contributed by atoms with E-state index in [2.05, 4.69) is 31.3 Å². The van der Waals surface area contributed by atoms with Crippen LogP contribution in [0.25, 0.3) is 0 Å². The summed E-state index contributed by atoms with van der Waals surface area (Å²) in [6, 6.07) is -0.848. The fourth-order valence-corrected chi connectivity index (χ4v) is 8.83. The third kappa shape index (κ3) is 48.7. The van der Waals surface area contributed by atoms with Crippen LogP contribution in [0.1, 0.15) is 264 Å². The molecule has 0 saturated carbocycles. The second-order valence-corrected chi connectivity index (χ2v) is 21.4. The Bertz CT molecular complexity index is 1080. The van der Waals surface area contributed by atoms with Gasteiger partial charge in [0, 0.05) is 6.42 Å². The summed E-state index contributed by atoms with van der Waals surface area (Å²) in [7, 11) is 1.57. The third-order valence-corrected chi connectivity index (χ3v) is 13.4. The van der Waals surface area contributed by atoms with E-state index in [4.69, 9.17) is 9.05 Å². The van der Waals surface area contributed by atoms with Crippen LogP contribution in [0.4, 0.5) is 0 Å². The van der Waals surface area contributed by atoms with Crippen molar-refractivity contribution < 1.29 is 32.9 Å². The molecule has 3 unspecified atom stereocenters. The number of phosphoric ester groups is 1. The van der Waals surface area contributed by atoms with Crippen LogP contribution in [-0.2, 0) is 18.4 Å². The molecule has 3 N–H and O–H groups in total. The number of carbonyl (C=O) groups is 1. The van der Waals surface area contributed by atoms with Gasteiger partial charge in [-0.15, -0.1) is 0 Å². The smallest absolute Gasteiger partial charge is 0.387 e. The van der Waals surface area contributed by atoms with E-state index in [9.17, 15) is 19.4 Å². The van der Waals surface area contributed by atoms with E-state index in [0.717, 1.165) is 51.4 Å². The van der Waals surface area contributed by atoms with Gasteiger partial charge in [0.1, 0.15) is 13.2 Å². The summed E-state index contributed by atoms with van der Waals surface area (Å²) in [4.78, 5) is 23.2. The summed E-state index contributed by atoms with van der Waals surface area (Å²) in [5.41, 5.74) is 0. The van der Waals surface area contributed by atoms with E-state index in [1.165, 1.54) is 193 Å². The number of allylic oxidation sites excluding steroid dienone is 3. The average Bonchev–Trinajstić information content (AvgIpc) is 3.24. The summed E-state index contributed by atoms with van der Waals surface area (Å²) < 4.78 is 23.6. The Morgan fingerprint density at radius 1 is 0.524 bits per heavy atom. The molecule has 0 radical (unpaired) electrons. The highest BCUT2D eigenvalue weighted by atomic mass is 31.2. The molecule has 0 saturated heterocycles. The molecule has 0 bridgehead atoms. The molecule has 0 aromatic carbocycles. The van der Waals surface area contributed by atoms with Crippen LogP contribution in [0.3, 0.4) is 0 Å². The molecule has 0 aliphatic heterocycles. The number of aliphatic hydroxyl groups excluding tert-OH is 1. The minimum Gasteiger partial charge on any atom is -0.387 e. The Hall–Kier alpha value is -1.02. The normalized spacial score (nSPS) is 14.2. The molecule has 0 aromatic rings. The summed E-state index contributed by atoms with van der Waals surface area (Å²) in [6.45, 7) is 4.82. The first-order valence-corrected chi connectivity index (χ1v) is 28.7. The molecule has 0 spiro atoms. The molecule has 374 valence electrons. The SMILES string of the molecule is CCCCCC/C=C\CCCCCCCC(=O)NC(COP(=O)(O)OCC[N+](C)(C)C)C(O)/C=C/CCCCCCCCCCCCCCCCCCCCCCCCCCCC. The molecule has 0 fully saturated rings. The van der Waals surface area contributed by atoms with Gasteiger partial charge in [0.25, 0.3) is 0 Å². The van der Waals surface area contributed by atoms with Gasteiger partial charge >= 0.3 is 7.82 Å². The lowest BCUT2D eigenvalue weighted by Crippen LogP contribution is -2.45. The van der Waals surface area contributed by atoms with Crippen LogP contribution in [0.2, 0.25) is 0 Å². The first-order chi connectivity index (χ1) is 30.5. The molecule has 1 amide bonds. The highest BCUT2D eigenvalue weighted by Crippen LogP contribution is 2.43. The Labute approximate surface area is 392 Å². The quantitative estimate of drug-likeness (QED) is 0.0243. The minimum atomic E-state index is -4.34. The molecule has 0 aliphatic carbocycles. The predicted molar refractivity (Wildman–Crippen MR) is 272 cm³/mol. The highest BCUT2D eigenvalue weighted by molar-refractivity contribution is 7.47. The number of likely N-dealkylation sites (N-methyl/N-ethyl adjacent to an activating group) is 1. The third-order valence-electron chi connectivity index (χ3n) is 12.4. The van der Waals surface area contributed by atoms with Crippen LogP contribution in [-0.4, -0.2) is 73.4 Å². The van der Waals surface area contributed by atoms with Crippen LogP contribution in [0, 0.1) is 0 Å². The number of hydrogen-bond acceptors (Lipinski definition) is 5. The monoisotopic (exact) mass is 912 g/mol. The second kappa shape index (κ2) is 46.1. The van der Waals surface area contributed by atoms with E-state index in [1.54, 1.807) is 6.08 Å². The Morgan fingerprint density at radius 3 is 1.24 bits per heavy atom. The number of quaternary nitrogens is 1. The van der Waals surface area contributed by atoms with Gasteiger partial charge in [-0.3, -0.25) is 13.8 Å². The first kappa shape index (κ1) is 62.0. The summed E-state index contributed by atoms with van der Waals surface area (Å²) >= 11 is 0. The van der Waals surface area contributed by atoms with Gasteiger partial charge in [-0.1, -0.05) is 237 Å². The summed E-state index contributed by atoms with van der Waals surface area (Å²) in [5, 5.41) is 13.9. The van der Waals surface area contributed by atoms with Crippen molar-refractivity contribution in [3.63, 3.8) is 0 Å². The molecular weight excluding hydrogens is 804 g/mol. The summed E-state index contributed by atoms with van der Waals surface area (Å²) in [6.07, 6.45) is 57.1. The number of rotatable bonds is 50. The van der Waals surface area contributed by atoms with Gasteiger partial charge in [-0.25, -0.2) is 4.57 Å². The van der Waals surface area contributed by atoms with Crippen LogP contribution >= 0.6 is 7.82 Å².